The second-order valence-electron chi connectivity index (χ2n) is 4.93. The highest BCUT2D eigenvalue weighted by Crippen LogP contribution is 2.33. The van der Waals surface area contributed by atoms with E-state index < -0.39 is 5.91 Å². The number of anilines is 1. The van der Waals surface area contributed by atoms with Crippen molar-refractivity contribution >= 4 is 86.4 Å². The van der Waals surface area contributed by atoms with E-state index in [-0.39, 0.29) is 17.5 Å². The first kappa shape index (κ1) is 18.4. The maximum Gasteiger partial charge on any atom is 0.266 e. The molecule has 2 heterocycles. The SMILES string of the molecule is O=C(CN1C(=O)C(=Cc2cccs2)SC1=S)Nc1cccc(Cl)c1Cl. The standard InChI is InChI=1S/C16H10Cl2N2O2S3/c17-10-4-1-5-11(14(10)18)19-13(21)8-20-15(22)12(25-16(20)23)7-9-3-2-6-24-9/h1-7H,8H2,(H,19,21). The number of thioether (sulfide) groups is 1. The Morgan fingerprint density at radius 2 is 2.08 bits per heavy atom. The number of carbonyl (C=O) groups is 2. The lowest BCUT2D eigenvalue weighted by molar-refractivity contribution is -0.126. The van der Waals surface area contributed by atoms with Crippen LogP contribution in [0, 0.1) is 0 Å². The van der Waals surface area contributed by atoms with Crippen molar-refractivity contribution in [2.75, 3.05) is 11.9 Å². The summed E-state index contributed by atoms with van der Waals surface area (Å²) in [7, 11) is 0. The van der Waals surface area contributed by atoms with Crippen LogP contribution >= 0.6 is 58.5 Å². The zero-order chi connectivity index (χ0) is 18.0. The maximum absolute atomic E-state index is 12.5. The molecule has 1 aromatic heterocycles. The summed E-state index contributed by atoms with van der Waals surface area (Å²) >= 11 is 19.9. The van der Waals surface area contributed by atoms with Gasteiger partial charge in [0.1, 0.15) is 10.9 Å². The van der Waals surface area contributed by atoms with Gasteiger partial charge in [-0.2, -0.15) is 0 Å². The number of hydrogen-bond donors (Lipinski definition) is 1. The molecule has 2 aromatic rings. The molecule has 0 unspecified atom stereocenters. The van der Waals surface area contributed by atoms with Crippen LogP contribution in [0.15, 0.2) is 40.6 Å². The fourth-order valence-electron chi connectivity index (χ4n) is 2.07. The highest BCUT2D eigenvalue weighted by atomic mass is 35.5. The van der Waals surface area contributed by atoms with E-state index in [0.717, 1.165) is 4.88 Å². The first-order valence-corrected chi connectivity index (χ1v) is 9.84. The van der Waals surface area contributed by atoms with Gasteiger partial charge in [0.2, 0.25) is 5.91 Å². The zero-order valence-corrected chi connectivity index (χ0v) is 16.5. The molecular formula is C16H10Cl2N2O2S3. The number of hydrogen-bond acceptors (Lipinski definition) is 5. The van der Waals surface area contributed by atoms with E-state index in [4.69, 9.17) is 35.4 Å². The number of thiophene rings is 1. The molecule has 0 aliphatic carbocycles. The first-order valence-electron chi connectivity index (χ1n) is 6.98. The fraction of sp³-hybridized carbons (Fsp3) is 0.0625. The zero-order valence-electron chi connectivity index (χ0n) is 12.5. The summed E-state index contributed by atoms with van der Waals surface area (Å²) in [6.07, 6.45) is 1.77. The highest BCUT2D eigenvalue weighted by molar-refractivity contribution is 8.26. The minimum atomic E-state index is -0.405. The molecule has 1 saturated heterocycles. The summed E-state index contributed by atoms with van der Waals surface area (Å²) in [6, 6.07) is 8.74. The summed E-state index contributed by atoms with van der Waals surface area (Å²) < 4.78 is 0.347. The summed E-state index contributed by atoms with van der Waals surface area (Å²) in [5.74, 6) is -0.686. The number of benzene rings is 1. The van der Waals surface area contributed by atoms with E-state index >= 15 is 0 Å². The molecular weight excluding hydrogens is 419 g/mol. The third kappa shape index (κ3) is 4.24. The molecule has 25 heavy (non-hydrogen) atoms. The molecule has 0 saturated carbocycles. The van der Waals surface area contributed by atoms with Crippen molar-refractivity contribution in [1.82, 2.24) is 4.90 Å². The van der Waals surface area contributed by atoms with E-state index in [1.165, 1.54) is 28.0 Å². The van der Waals surface area contributed by atoms with Gasteiger partial charge in [-0.25, -0.2) is 0 Å². The normalized spacial score (nSPS) is 15.9. The van der Waals surface area contributed by atoms with Gasteiger partial charge in [0.05, 0.1) is 20.6 Å². The Morgan fingerprint density at radius 3 is 2.80 bits per heavy atom. The van der Waals surface area contributed by atoms with Gasteiger partial charge in [-0.3, -0.25) is 14.5 Å². The van der Waals surface area contributed by atoms with Crippen molar-refractivity contribution in [3.63, 3.8) is 0 Å². The van der Waals surface area contributed by atoms with E-state index in [2.05, 4.69) is 5.32 Å². The van der Waals surface area contributed by atoms with Crippen LogP contribution in [0.4, 0.5) is 5.69 Å². The summed E-state index contributed by atoms with van der Waals surface area (Å²) in [6.45, 7) is -0.185. The summed E-state index contributed by atoms with van der Waals surface area (Å²) in [5, 5.41) is 5.16. The van der Waals surface area contributed by atoms with Gasteiger partial charge in [-0.15, -0.1) is 11.3 Å². The average Bonchev–Trinajstić information content (AvgIpc) is 3.16. The minimum Gasteiger partial charge on any atom is -0.323 e. The molecule has 0 radical (unpaired) electrons. The van der Waals surface area contributed by atoms with Gasteiger partial charge >= 0.3 is 0 Å². The van der Waals surface area contributed by atoms with E-state index in [1.807, 2.05) is 17.5 Å². The minimum absolute atomic E-state index is 0.185. The van der Waals surface area contributed by atoms with E-state index in [9.17, 15) is 9.59 Å². The van der Waals surface area contributed by atoms with Crippen molar-refractivity contribution in [2.45, 2.75) is 0 Å². The third-order valence-corrected chi connectivity index (χ3v) is 6.23. The Morgan fingerprint density at radius 1 is 1.28 bits per heavy atom. The molecule has 1 N–H and O–H groups in total. The highest BCUT2D eigenvalue weighted by Gasteiger charge is 2.33. The Bertz CT molecular complexity index is 882. The van der Waals surface area contributed by atoms with Crippen molar-refractivity contribution < 1.29 is 9.59 Å². The van der Waals surface area contributed by atoms with Crippen molar-refractivity contribution in [3.8, 4) is 0 Å². The number of amides is 2. The van der Waals surface area contributed by atoms with Gasteiger partial charge in [-0.05, 0) is 29.7 Å². The van der Waals surface area contributed by atoms with Crippen LogP contribution in [-0.2, 0) is 9.59 Å². The molecule has 0 bridgehead atoms. The van der Waals surface area contributed by atoms with Gasteiger partial charge in [-0.1, -0.05) is 59.3 Å². The van der Waals surface area contributed by atoms with Crippen molar-refractivity contribution in [2.24, 2.45) is 0 Å². The van der Waals surface area contributed by atoms with Gasteiger partial charge in [0.15, 0.2) is 0 Å². The number of rotatable bonds is 4. The molecule has 2 amide bonds. The number of nitrogens with one attached hydrogen (secondary N) is 1. The second-order valence-corrected chi connectivity index (χ2v) is 8.37. The summed E-state index contributed by atoms with van der Waals surface area (Å²) in [5.41, 5.74) is 0.388. The molecule has 1 aliphatic heterocycles. The van der Waals surface area contributed by atoms with Crippen molar-refractivity contribution in [3.05, 3.63) is 55.5 Å². The topological polar surface area (TPSA) is 49.4 Å². The van der Waals surface area contributed by atoms with Crippen LogP contribution in [-0.4, -0.2) is 27.6 Å². The molecule has 3 rings (SSSR count). The first-order chi connectivity index (χ1) is 12.0. The lowest BCUT2D eigenvalue weighted by atomic mass is 10.3. The van der Waals surface area contributed by atoms with Gasteiger partial charge in [0, 0.05) is 4.88 Å². The molecule has 1 aliphatic rings. The van der Waals surface area contributed by atoms with Crippen LogP contribution in [0.25, 0.3) is 6.08 Å². The van der Waals surface area contributed by atoms with Crippen molar-refractivity contribution in [1.29, 1.82) is 0 Å². The summed E-state index contributed by atoms with van der Waals surface area (Å²) in [4.78, 5) is 27.5. The van der Waals surface area contributed by atoms with Crippen LogP contribution in [0.2, 0.25) is 10.0 Å². The Hall–Kier alpha value is -1.38. The van der Waals surface area contributed by atoms with Crippen LogP contribution in [0.1, 0.15) is 4.88 Å². The average molecular weight is 429 g/mol. The molecule has 0 atom stereocenters. The predicted octanol–water partition coefficient (Wildman–Crippen LogP) is 4.89. The van der Waals surface area contributed by atoms with Gasteiger partial charge in [0.25, 0.3) is 5.91 Å². The lowest BCUT2D eigenvalue weighted by Crippen LogP contribution is -2.36. The Balaban J connectivity index is 1.70. The Labute approximate surface area is 167 Å². The quantitative estimate of drug-likeness (QED) is 0.555. The lowest BCUT2D eigenvalue weighted by Gasteiger charge is -2.15. The van der Waals surface area contributed by atoms with E-state index in [0.29, 0.717) is 19.9 Å². The van der Waals surface area contributed by atoms with Gasteiger partial charge < -0.3 is 5.32 Å². The predicted molar refractivity (Wildman–Crippen MR) is 109 cm³/mol. The molecule has 1 fully saturated rings. The maximum atomic E-state index is 12.5. The molecule has 4 nitrogen and oxygen atoms in total. The monoisotopic (exact) mass is 428 g/mol. The van der Waals surface area contributed by atoms with Crippen LogP contribution in [0.5, 0.6) is 0 Å². The molecule has 9 heteroatoms. The molecule has 128 valence electrons. The fourth-order valence-corrected chi connectivity index (χ4v) is 4.40. The number of carbonyl (C=O) groups excluding carboxylic acids is 2. The molecule has 1 aromatic carbocycles. The molecule has 0 spiro atoms. The second kappa shape index (κ2) is 7.88. The Kier molecular flexibility index (Phi) is 5.81. The van der Waals surface area contributed by atoms with E-state index in [1.54, 1.807) is 24.3 Å². The smallest absolute Gasteiger partial charge is 0.266 e. The third-order valence-electron chi connectivity index (χ3n) is 3.22. The number of halogens is 2. The van der Waals surface area contributed by atoms with Crippen LogP contribution in [0.3, 0.4) is 0 Å². The number of thiocarbonyl (C=S) groups is 1. The largest absolute Gasteiger partial charge is 0.323 e. The van der Waals surface area contributed by atoms with Crippen LogP contribution < -0.4 is 5.32 Å². The number of nitrogens with zero attached hydrogens (tertiary/aromatic N) is 1.